The molecule has 0 aliphatic rings. The van der Waals surface area contributed by atoms with Crippen LogP contribution in [0.1, 0.15) is 48.5 Å². The van der Waals surface area contributed by atoms with Gasteiger partial charge < -0.3 is 9.47 Å². The lowest BCUT2D eigenvalue weighted by Gasteiger charge is -2.19. The summed E-state index contributed by atoms with van der Waals surface area (Å²) in [4.78, 5) is 24.7. The third-order valence-electron chi connectivity index (χ3n) is 2.48. The molecule has 1 amide bonds. The number of hydrogen-bond acceptors (Lipinski definition) is 5. The van der Waals surface area contributed by atoms with E-state index in [0.717, 1.165) is 10.4 Å². The predicted molar refractivity (Wildman–Crippen MR) is 79.6 cm³/mol. The molecule has 0 fully saturated rings. The third kappa shape index (κ3) is 4.23. The zero-order valence-electron chi connectivity index (χ0n) is 12.7. The van der Waals surface area contributed by atoms with Gasteiger partial charge in [-0.3, -0.25) is 5.32 Å². The minimum atomic E-state index is -0.588. The van der Waals surface area contributed by atoms with Crippen LogP contribution in [0.15, 0.2) is 0 Å². The first-order chi connectivity index (χ1) is 9.15. The molecule has 0 unspecified atom stereocenters. The summed E-state index contributed by atoms with van der Waals surface area (Å²) in [5.74, 6) is -0.430. The number of esters is 1. The fourth-order valence-corrected chi connectivity index (χ4v) is 2.59. The second kappa shape index (κ2) is 6.26. The quantitative estimate of drug-likeness (QED) is 0.860. The Balaban J connectivity index is 2.98. The molecule has 1 heterocycles. The van der Waals surface area contributed by atoms with E-state index < -0.39 is 17.7 Å². The summed E-state index contributed by atoms with van der Waals surface area (Å²) in [5.41, 5.74) is 0.634. The summed E-state index contributed by atoms with van der Waals surface area (Å²) in [6.45, 7) is 11.1. The van der Waals surface area contributed by atoms with Crippen LogP contribution in [-0.4, -0.2) is 24.3 Å². The number of ether oxygens (including phenoxy) is 2. The lowest BCUT2D eigenvalue weighted by molar-refractivity contribution is 0.0527. The molecule has 0 radical (unpaired) electrons. The van der Waals surface area contributed by atoms with Crippen molar-refractivity contribution in [3.8, 4) is 0 Å². The molecule has 0 spiro atoms. The molecule has 0 aliphatic carbocycles. The monoisotopic (exact) mass is 299 g/mol. The molecule has 1 rings (SSSR count). The molecular formula is C14H21NO4S. The number of nitrogens with one attached hydrogen (secondary N) is 1. The van der Waals surface area contributed by atoms with Crippen molar-refractivity contribution in [2.75, 3.05) is 11.9 Å². The highest BCUT2D eigenvalue weighted by Crippen LogP contribution is 2.33. The highest BCUT2D eigenvalue weighted by molar-refractivity contribution is 7.16. The minimum absolute atomic E-state index is 0.291. The Kier molecular flexibility index (Phi) is 5.16. The lowest BCUT2D eigenvalue weighted by atomic mass is 10.1. The van der Waals surface area contributed by atoms with Crippen molar-refractivity contribution in [2.45, 2.75) is 47.1 Å². The fourth-order valence-electron chi connectivity index (χ4n) is 1.56. The Labute approximate surface area is 123 Å². The fraction of sp³-hybridized carbons (Fsp3) is 0.571. The molecule has 6 heteroatoms. The van der Waals surface area contributed by atoms with Crippen LogP contribution in [0.3, 0.4) is 0 Å². The van der Waals surface area contributed by atoms with Gasteiger partial charge >= 0.3 is 12.1 Å². The molecule has 1 aromatic heterocycles. The Hall–Kier alpha value is -1.56. The maximum Gasteiger partial charge on any atom is 0.412 e. The number of carbonyl (C=O) groups excluding carboxylic acids is 2. The number of aryl methyl sites for hydroxylation is 1. The van der Waals surface area contributed by atoms with Crippen molar-refractivity contribution in [1.82, 2.24) is 0 Å². The Morgan fingerprint density at radius 2 is 1.85 bits per heavy atom. The van der Waals surface area contributed by atoms with Crippen molar-refractivity contribution < 1.29 is 19.1 Å². The van der Waals surface area contributed by atoms with Crippen molar-refractivity contribution in [1.29, 1.82) is 0 Å². The molecule has 0 bridgehead atoms. The average Bonchev–Trinajstić information content (AvgIpc) is 2.51. The second-order valence-electron chi connectivity index (χ2n) is 5.33. The summed E-state index contributed by atoms with van der Waals surface area (Å²) in [6, 6.07) is 0. The van der Waals surface area contributed by atoms with Gasteiger partial charge in [-0.1, -0.05) is 0 Å². The number of anilines is 1. The normalized spacial score (nSPS) is 11.1. The van der Waals surface area contributed by atoms with Gasteiger partial charge in [-0.2, -0.15) is 0 Å². The first-order valence-electron chi connectivity index (χ1n) is 6.42. The van der Waals surface area contributed by atoms with E-state index in [0.29, 0.717) is 17.2 Å². The summed E-state index contributed by atoms with van der Waals surface area (Å²) in [5, 5.41) is 3.09. The predicted octanol–water partition coefficient (Wildman–Crippen LogP) is 3.89. The van der Waals surface area contributed by atoms with Crippen LogP contribution in [0.4, 0.5) is 9.80 Å². The van der Waals surface area contributed by atoms with Crippen LogP contribution in [0.25, 0.3) is 0 Å². The second-order valence-corrected chi connectivity index (χ2v) is 6.56. The van der Waals surface area contributed by atoms with E-state index in [-0.39, 0.29) is 0 Å². The largest absolute Gasteiger partial charge is 0.462 e. The zero-order chi connectivity index (χ0) is 15.5. The zero-order valence-corrected chi connectivity index (χ0v) is 13.6. The first-order valence-corrected chi connectivity index (χ1v) is 7.24. The molecule has 0 aliphatic heterocycles. The van der Waals surface area contributed by atoms with E-state index in [1.165, 1.54) is 11.3 Å². The number of hydrogen-bond donors (Lipinski definition) is 1. The molecule has 0 atom stereocenters. The molecule has 0 saturated carbocycles. The smallest absolute Gasteiger partial charge is 0.412 e. The molecule has 1 aromatic rings. The third-order valence-corrected chi connectivity index (χ3v) is 3.60. The highest BCUT2D eigenvalue weighted by Gasteiger charge is 2.24. The van der Waals surface area contributed by atoms with E-state index in [9.17, 15) is 9.59 Å². The van der Waals surface area contributed by atoms with Gasteiger partial charge in [0.15, 0.2) is 0 Å². The molecular weight excluding hydrogens is 278 g/mol. The Morgan fingerprint density at radius 1 is 1.25 bits per heavy atom. The van der Waals surface area contributed by atoms with Gasteiger partial charge in [0.25, 0.3) is 0 Å². The van der Waals surface area contributed by atoms with E-state index in [1.54, 1.807) is 27.7 Å². The van der Waals surface area contributed by atoms with Crippen molar-refractivity contribution in [3.05, 3.63) is 16.0 Å². The molecule has 112 valence electrons. The number of amides is 1. The molecule has 5 nitrogen and oxygen atoms in total. The SMILES string of the molecule is CCOC(=O)c1c(NC(=O)OC(C)(C)C)sc(C)c1C. The van der Waals surface area contributed by atoms with Crippen molar-refractivity contribution in [2.24, 2.45) is 0 Å². The standard InChI is InChI=1S/C14H21NO4S/c1-7-18-12(16)10-8(2)9(3)20-11(10)15-13(17)19-14(4,5)6/h7H2,1-6H3,(H,15,17). The van der Waals surface area contributed by atoms with Gasteiger partial charge in [-0.05, 0) is 47.1 Å². The van der Waals surface area contributed by atoms with Crippen LogP contribution in [-0.2, 0) is 9.47 Å². The van der Waals surface area contributed by atoms with Crippen LogP contribution >= 0.6 is 11.3 Å². The van der Waals surface area contributed by atoms with E-state index in [4.69, 9.17) is 9.47 Å². The van der Waals surface area contributed by atoms with Crippen LogP contribution in [0.2, 0.25) is 0 Å². The van der Waals surface area contributed by atoms with Crippen molar-refractivity contribution in [3.63, 3.8) is 0 Å². The van der Waals surface area contributed by atoms with E-state index in [2.05, 4.69) is 5.32 Å². The summed E-state index contributed by atoms with van der Waals surface area (Å²) in [6.07, 6.45) is -0.579. The molecule has 0 aromatic carbocycles. The van der Waals surface area contributed by atoms with Crippen LogP contribution < -0.4 is 5.32 Å². The highest BCUT2D eigenvalue weighted by atomic mass is 32.1. The number of rotatable bonds is 3. The summed E-state index contributed by atoms with van der Waals surface area (Å²) >= 11 is 1.34. The van der Waals surface area contributed by atoms with E-state index >= 15 is 0 Å². The van der Waals surface area contributed by atoms with Gasteiger partial charge in [0, 0.05) is 4.88 Å². The average molecular weight is 299 g/mol. The lowest BCUT2D eigenvalue weighted by Crippen LogP contribution is -2.27. The van der Waals surface area contributed by atoms with Crippen LogP contribution in [0, 0.1) is 13.8 Å². The maximum atomic E-state index is 12.0. The van der Waals surface area contributed by atoms with Crippen LogP contribution in [0.5, 0.6) is 0 Å². The Bertz CT molecular complexity index is 514. The van der Waals surface area contributed by atoms with E-state index in [1.807, 2.05) is 13.8 Å². The first kappa shape index (κ1) is 16.5. The number of carbonyl (C=O) groups is 2. The van der Waals surface area contributed by atoms with Gasteiger partial charge in [-0.15, -0.1) is 11.3 Å². The molecule has 1 N–H and O–H groups in total. The maximum absolute atomic E-state index is 12.0. The summed E-state index contributed by atoms with van der Waals surface area (Å²) < 4.78 is 10.2. The summed E-state index contributed by atoms with van der Waals surface area (Å²) in [7, 11) is 0. The molecule has 0 saturated heterocycles. The molecule has 20 heavy (non-hydrogen) atoms. The topological polar surface area (TPSA) is 64.6 Å². The number of thiophene rings is 1. The minimum Gasteiger partial charge on any atom is -0.462 e. The van der Waals surface area contributed by atoms with Gasteiger partial charge in [0.2, 0.25) is 0 Å². The van der Waals surface area contributed by atoms with Gasteiger partial charge in [-0.25, -0.2) is 9.59 Å². The van der Waals surface area contributed by atoms with Gasteiger partial charge in [0.1, 0.15) is 10.6 Å². The van der Waals surface area contributed by atoms with Gasteiger partial charge in [0.05, 0.1) is 12.2 Å². The Morgan fingerprint density at radius 3 is 2.35 bits per heavy atom. The van der Waals surface area contributed by atoms with Crippen molar-refractivity contribution >= 4 is 28.4 Å².